The molecule has 2 heterocycles. The SMILES string of the molecule is Cc1nn(CCc2ccccc2)c(-c2ccc(F)cc2)c1-c1ccc2c(c1)NC(=O)CO2. The molecule has 6 heteroatoms. The van der Waals surface area contributed by atoms with E-state index in [-0.39, 0.29) is 18.3 Å². The van der Waals surface area contributed by atoms with E-state index >= 15 is 0 Å². The second-order valence-corrected chi connectivity index (χ2v) is 7.82. The summed E-state index contributed by atoms with van der Waals surface area (Å²) in [5.74, 6) is 0.186. The van der Waals surface area contributed by atoms with E-state index in [2.05, 4.69) is 17.4 Å². The second-order valence-electron chi connectivity index (χ2n) is 7.82. The average molecular weight is 427 g/mol. The third-order valence-electron chi connectivity index (χ3n) is 5.60. The van der Waals surface area contributed by atoms with Crippen LogP contribution in [0.1, 0.15) is 11.3 Å². The number of ether oxygens (including phenoxy) is 1. The first-order valence-electron chi connectivity index (χ1n) is 10.5. The van der Waals surface area contributed by atoms with Crippen LogP contribution >= 0.6 is 0 Å². The smallest absolute Gasteiger partial charge is 0.262 e. The fourth-order valence-electron chi connectivity index (χ4n) is 4.11. The van der Waals surface area contributed by atoms with Crippen molar-refractivity contribution in [1.29, 1.82) is 0 Å². The molecule has 160 valence electrons. The summed E-state index contributed by atoms with van der Waals surface area (Å²) in [6, 6.07) is 22.5. The Kier molecular flexibility index (Phi) is 5.19. The van der Waals surface area contributed by atoms with Crippen molar-refractivity contribution >= 4 is 11.6 Å². The number of nitrogens with one attached hydrogen (secondary N) is 1. The predicted octanol–water partition coefficient (Wildman–Crippen LogP) is 5.24. The number of amides is 1. The molecule has 1 aliphatic heterocycles. The molecule has 4 aromatic rings. The number of benzene rings is 3. The van der Waals surface area contributed by atoms with Gasteiger partial charge in [-0.3, -0.25) is 9.48 Å². The van der Waals surface area contributed by atoms with E-state index in [9.17, 15) is 9.18 Å². The monoisotopic (exact) mass is 427 g/mol. The highest BCUT2D eigenvalue weighted by atomic mass is 19.1. The Balaban J connectivity index is 1.60. The van der Waals surface area contributed by atoms with Gasteiger partial charge in [0.15, 0.2) is 6.61 Å². The van der Waals surface area contributed by atoms with Gasteiger partial charge in [-0.25, -0.2) is 4.39 Å². The van der Waals surface area contributed by atoms with Crippen molar-refractivity contribution in [2.75, 3.05) is 11.9 Å². The molecule has 0 unspecified atom stereocenters. The minimum atomic E-state index is -0.281. The van der Waals surface area contributed by atoms with Gasteiger partial charge in [0, 0.05) is 17.7 Å². The summed E-state index contributed by atoms with van der Waals surface area (Å²) in [6.07, 6.45) is 0.823. The lowest BCUT2D eigenvalue weighted by molar-refractivity contribution is -0.118. The molecular weight excluding hydrogens is 405 g/mol. The molecule has 1 aromatic heterocycles. The molecule has 1 N–H and O–H groups in total. The Morgan fingerprint density at radius 2 is 1.78 bits per heavy atom. The highest BCUT2D eigenvalue weighted by molar-refractivity contribution is 5.97. The van der Waals surface area contributed by atoms with E-state index < -0.39 is 0 Å². The third-order valence-corrected chi connectivity index (χ3v) is 5.60. The zero-order chi connectivity index (χ0) is 22.1. The zero-order valence-electron chi connectivity index (χ0n) is 17.6. The first kappa shape index (κ1) is 20.0. The Labute approximate surface area is 185 Å². The quantitative estimate of drug-likeness (QED) is 0.474. The molecule has 5 nitrogen and oxygen atoms in total. The maximum atomic E-state index is 13.6. The van der Waals surface area contributed by atoms with Crippen molar-refractivity contribution in [2.24, 2.45) is 0 Å². The Morgan fingerprint density at radius 3 is 2.56 bits per heavy atom. The fraction of sp³-hybridized carbons (Fsp3) is 0.154. The Bertz CT molecular complexity index is 1280. The summed E-state index contributed by atoms with van der Waals surface area (Å²) >= 11 is 0. The molecular formula is C26H22FN3O2. The molecule has 0 atom stereocenters. The maximum Gasteiger partial charge on any atom is 0.262 e. The normalized spacial score (nSPS) is 12.8. The first-order valence-corrected chi connectivity index (χ1v) is 10.5. The molecule has 5 rings (SSSR count). The van der Waals surface area contributed by atoms with Crippen LogP contribution in [0.2, 0.25) is 0 Å². The van der Waals surface area contributed by atoms with Gasteiger partial charge in [0.25, 0.3) is 5.91 Å². The van der Waals surface area contributed by atoms with Crippen LogP contribution < -0.4 is 10.1 Å². The first-order chi connectivity index (χ1) is 15.6. The number of aromatic nitrogens is 2. The molecule has 3 aromatic carbocycles. The largest absolute Gasteiger partial charge is 0.482 e. The highest BCUT2D eigenvalue weighted by Crippen LogP contribution is 2.39. The van der Waals surface area contributed by atoms with Crippen LogP contribution in [0.5, 0.6) is 5.75 Å². The predicted molar refractivity (Wildman–Crippen MR) is 122 cm³/mol. The molecule has 1 aliphatic rings. The Hall–Kier alpha value is -3.93. The van der Waals surface area contributed by atoms with Crippen LogP contribution in [0.25, 0.3) is 22.4 Å². The van der Waals surface area contributed by atoms with Crippen LogP contribution in [0.4, 0.5) is 10.1 Å². The van der Waals surface area contributed by atoms with Crippen molar-refractivity contribution in [3.05, 3.63) is 89.9 Å². The highest BCUT2D eigenvalue weighted by Gasteiger charge is 2.22. The lowest BCUT2D eigenvalue weighted by Crippen LogP contribution is -2.25. The molecule has 32 heavy (non-hydrogen) atoms. The van der Waals surface area contributed by atoms with Crippen LogP contribution in [-0.4, -0.2) is 22.3 Å². The molecule has 1 amide bonds. The molecule has 0 spiro atoms. The van der Waals surface area contributed by atoms with Crippen molar-refractivity contribution in [2.45, 2.75) is 19.9 Å². The molecule has 0 aliphatic carbocycles. The summed E-state index contributed by atoms with van der Waals surface area (Å²) in [5, 5.41) is 7.70. The fourth-order valence-corrected chi connectivity index (χ4v) is 4.11. The summed E-state index contributed by atoms with van der Waals surface area (Å²) in [5.41, 5.74) is 6.39. The number of anilines is 1. The Morgan fingerprint density at radius 1 is 1.03 bits per heavy atom. The topological polar surface area (TPSA) is 56.2 Å². The minimum Gasteiger partial charge on any atom is -0.482 e. The van der Waals surface area contributed by atoms with Crippen molar-refractivity contribution in [1.82, 2.24) is 9.78 Å². The molecule has 0 saturated carbocycles. The van der Waals surface area contributed by atoms with Gasteiger partial charge in [-0.2, -0.15) is 5.10 Å². The number of fused-ring (bicyclic) bond motifs is 1. The van der Waals surface area contributed by atoms with E-state index in [0.717, 1.165) is 34.5 Å². The van der Waals surface area contributed by atoms with Gasteiger partial charge in [-0.1, -0.05) is 36.4 Å². The number of carbonyl (C=O) groups is 1. The van der Waals surface area contributed by atoms with Gasteiger partial charge < -0.3 is 10.1 Å². The summed E-state index contributed by atoms with van der Waals surface area (Å²) in [6.45, 7) is 2.67. The average Bonchev–Trinajstić information content (AvgIpc) is 3.14. The van der Waals surface area contributed by atoms with Crippen LogP contribution in [0.3, 0.4) is 0 Å². The standard InChI is InChI=1S/C26H22FN3O2/c1-17-25(20-9-12-23-22(15-20)28-24(31)16-32-23)26(19-7-10-21(27)11-8-19)30(29-17)14-13-18-5-3-2-4-6-18/h2-12,15H,13-14,16H2,1H3,(H,28,31). The van der Waals surface area contributed by atoms with Crippen molar-refractivity contribution in [3.63, 3.8) is 0 Å². The van der Waals surface area contributed by atoms with Crippen LogP contribution in [0, 0.1) is 12.7 Å². The van der Waals surface area contributed by atoms with Gasteiger partial charge in [-0.05, 0) is 60.9 Å². The minimum absolute atomic E-state index is 0.0175. The maximum absolute atomic E-state index is 13.6. The van der Waals surface area contributed by atoms with Gasteiger partial charge in [0.05, 0.1) is 17.1 Å². The third kappa shape index (κ3) is 3.87. The van der Waals surface area contributed by atoms with Crippen LogP contribution in [0.15, 0.2) is 72.8 Å². The number of halogens is 1. The second kappa shape index (κ2) is 8.30. The number of hydrogen-bond acceptors (Lipinski definition) is 3. The molecule has 0 bridgehead atoms. The molecule has 0 fully saturated rings. The molecule has 0 saturated heterocycles. The van der Waals surface area contributed by atoms with Crippen LogP contribution in [-0.2, 0) is 17.8 Å². The van der Waals surface area contributed by atoms with Gasteiger partial charge in [-0.15, -0.1) is 0 Å². The number of carbonyl (C=O) groups excluding carboxylic acids is 1. The lowest BCUT2D eigenvalue weighted by atomic mass is 9.98. The molecule has 0 radical (unpaired) electrons. The summed E-state index contributed by atoms with van der Waals surface area (Å²) in [4.78, 5) is 11.8. The van der Waals surface area contributed by atoms with E-state index in [1.54, 1.807) is 12.1 Å². The van der Waals surface area contributed by atoms with E-state index in [4.69, 9.17) is 9.84 Å². The van der Waals surface area contributed by atoms with E-state index in [0.29, 0.717) is 18.0 Å². The van der Waals surface area contributed by atoms with E-state index in [1.165, 1.54) is 17.7 Å². The van der Waals surface area contributed by atoms with Gasteiger partial charge in [0.2, 0.25) is 0 Å². The van der Waals surface area contributed by atoms with Crippen molar-refractivity contribution in [3.8, 4) is 28.1 Å². The lowest BCUT2D eigenvalue weighted by Gasteiger charge is -2.19. The summed E-state index contributed by atoms with van der Waals surface area (Å²) in [7, 11) is 0. The number of hydrogen-bond donors (Lipinski definition) is 1. The summed E-state index contributed by atoms with van der Waals surface area (Å²) < 4.78 is 21.1. The van der Waals surface area contributed by atoms with E-state index in [1.807, 2.05) is 48.0 Å². The number of rotatable bonds is 5. The number of aryl methyl sites for hydroxylation is 3. The van der Waals surface area contributed by atoms with Gasteiger partial charge >= 0.3 is 0 Å². The number of nitrogens with zero attached hydrogens (tertiary/aromatic N) is 2. The zero-order valence-corrected chi connectivity index (χ0v) is 17.6. The van der Waals surface area contributed by atoms with Crippen molar-refractivity contribution < 1.29 is 13.9 Å². The van der Waals surface area contributed by atoms with Gasteiger partial charge in [0.1, 0.15) is 11.6 Å².